The van der Waals surface area contributed by atoms with Gasteiger partial charge >= 0.3 is 0 Å². The van der Waals surface area contributed by atoms with Gasteiger partial charge < -0.3 is 4.90 Å². The van der Waals surface area contributed by atoms with Crippen molar-refractivity contribution >= 4 is 5.91 Å². The normalized spacial score (nSPS) is 16.0. The van der Waals surface area contributed by atoms with Crippen molar-refractivity contribution in [2.75, 3.05) is 13.1 Å². The number of carbonyl (C=O) groups excluding carboxylic acids is 1. The molecule has 1 saturated heterocycles. The Morgan fingerprint density at radius 3 is 2.65 bits per heavy atom. The lowest BCUT2D eigenvalue weighted by molar-refractivity contribution is 0.0667. The summed E-state index contributed by atoms with van der Waals surface area (Å²) in [5, 5.41) is 4.17. The molecule has 0 spiro atoms. The molecule has 2 aromatic rings. The van der Waals surface area contributed by atoms with Crippen LogP contribution in [0.5, 0.6) is 0 Å². The quantitative estimate of drug-likeness (QED) is 0.872. The lowest BCUT2D eigenvalue weighted by atomic mass is 9.86. The van der Waals surface area contributed by atoms with Crippen LogP contribution < -0.4 is 0 Å². The van der Waals surface area contributed by atoms with E-state index in [2.05, 4.69) is 23.9 Å². The lowest BCUT2D eigenvalue weighted by Gasteiger charge is -2.33. The third-order valence-corrected chi connectivity index (χ3v) is 4.72. The predicted molar refractivity (Wildman–Crippen MR) is 89.0 cm³/mol. The van der Waals surface area contributed by atoms with E-state index in [9.17, 15) is 4.79 Å². The molecule has 0 unspecified atom stereocenters. The number of aromatic nitrogens is 3. The molecule has 1 amide bonds. The van der Waals surface area contributed by atoms with E-state index in [1.54, 1.807) is 12.4 Å². The zero-order valence-electron chi connectivity index (χ0n) is 13.9. The Balaban J connectivity index is 1.60. The Bertz CT molecular complexity index is 626. The van der Waals surface area contributed by atoms with Crippen molar-refractivity contribution in [3.8, 4) is 0 Å². The summed E-state index contributed by atoms with van der Waals surface area (Å²) in [5.41, 5.74) is 1.58. The van der Waals surface area contributed by atoms with Crippen LogP contribution in [0.3, 0.4) is 0 Å². The molecule has 5 heteroatoms. The predicted octanol–water partition coefficient (Wildman–Crippen LogP) is 2.83. The van der Waals surface area contributed by atoms with Crippen LogP contribution in [0.15, 0.2) is 36.8 Å². The molecular weight excluding hydrogens is 288 g/mol. The maximum absolute atomic E-state index is 12.6. The van der Waals surface area contributed by atoms with Crippen LogP contribution in [0.4, 0.5) is 0 Å². The van der Waals surface area contributed by atoms with Crippen LogP contribution in [0.1, 0.15) is 42.7 Å². The Kier molecular flexibility index (Phi) is 4.74. The minimum Gasteiger partial charge on any atom is -0.339 e. The van der Waals surface area contributed by atoms with Gasteiger partial charge in [0.15, 0.2) is 0 Å². The van der Waals surface area contributed by atoms with Crippen LogP contribution in [-0.4, -0.2) is 38.7 Å². The monoisotopic (exact) mass is 312 g/mol. The summed E-state index contributed by atoms with van der Waals surface area (Å²) in [7, 11) is 0. The van der Waals surface area contributed by atoms with E-state index in [0.29, 0.717) is 18.0 Å². The number of hydrogen-bond acceptors (Lipinski definition) is 3. The van der Waals surface area contributed by atoms with E-state index in [1.165, 1.54) is 0 Å². The molecule has 122 valence electrons. The standard InChI is InChI=1S/C18H24N4O/c1-14(2)15-6-10-21(11-7-15)18(23)16-4-5-17(19-12-16)13-22-9-3-8-20-22/h3-5,8-9,12,14-15H,6-7,10-11,13H2,1-2H3. The Morgan fingerprint density at radius 2 is 2.09 bits per heavy atom. The number of amides is 1. The maximum atomic E-state index is 12.6. The number of pyridine rings is 1. The Hall–Kier alpha value is -2.17. The van der Waals surface area contributed by atoms with E-state index in [1.807, 2.05) is 34.0 Å². The van der Waals surface area contributed by atoms with E-state index in [4.69, 9.17) is 0 Å². The van der Waals surface area contributed by atoms with Gasteiger partial charge in [-0.2, -0.15) is 5.10 Å². The topological polar surface area (TPSA) is 51.0 Å². The number of likely N-dealkylation sites (tertiary alicyclic amines) is 1. The summed E-state index contributed by atoms with van der Waals surface area (Å²) in [6.45, 7) is 6.88. The Morgan fingerprint density at radius 1 is 1.30 bits per heavy atom. The zero-order chi connectivity index (χ0) is 16.2. The minimum atomic E-state index is 0.102. The van der Waals surface area contributed by atoms with Crippen LogP contribution in [0, 0.1) is 11.8 Å². The molecule has 0 N–H and O–H groups in total. The molecule has 3 rings (SSSR count). The first-order valence-electron chi connectivity index (χ1n) is 8.35. The summed E-state index contributed by atoms with van der Waals surface area (Å²) in [4.78, 5) is 18.9. The molecule has 23 heavy (non-hydrogen) atoms. The average molecular weight is 312 g/mol. The lowest BCUT2D eigenvalue weighted by Crippen LogP contribution is -2.39. The second-order valence-corrected chi connectivity index (χ2v) is 6.62. The molecule has 1 fully saturated rings. The van der Waals surface area contributed by atoms with E-state index >= 15 is 0 Å². The largest absolute Gasteiger partial charge is 0.339 e. The first-order chi connectivity index (χ1) is 11.1. The minimum absolute atomic E-state index is 0.102. The van der Waals surface area contributed by atoms with Crippen molar-refractivity contribution in [3.63, 3.8) is 0 Å². The fraction of sp³-hybridized carbons (Fsp3) is 0.500. The zero-order valence-corrected chi connectivity index (χ0v) is 13.9. The van der Waals surface area contributed by atoms with Crippen molar-refractivity contribution in [2.45, 2.75) is 33.2 Å². The highest BCUT2D eigenvalue weighted by molar-refractivity contribution is 5.93. The molecule has 0 radical (unpaired) electrons. The van der Waals surface area contributed by atoms with Gasteiger partial charge in [0.05, 0.1) is 17.8 Å². The van der Waals surface area contributed by atoms with Crippen molar-refractivity contribution in [3.05, 3.63) is 48.0 Å². The molecule has 5 nitrogen and oxygen atoms in total. The van der Waals surface area contributed by atoms with Gasteiger partial charge in [0.1, 0.15) is 0 Å². The van der Waals surface area contributed by atoms with E-state index in [0.717, 1.165) is 37.5 Å². The third kappa shape index (κ3) is 3.78. The average Bonchev–Trinajstić information content (AvgIpc) is 3.08. The fourth-order valence-electron chi connectivity index (χ4n) is 3.16. The van der Waals surface area contributed by atoms with Gasteiger partial charge in [-0.05, 0) is 42.9 Å². The van der Waals surface area contributed by atoms with Crippen LogP contribution in [0.2, 0.25) is 0 Å². The number of hydrogen-bond donors (Lipinski definition) is 0. The molecule has 0 bridgehead atoms. The number of carbonyl (C=O) groups is 1. The summed E-state index contributed by atoms with van der Waals surface area (Å²) >= 11 is 0. The second kappa shape index (κ2) is 6.94. The van der Waals surface area contributed by atoms with Gasteiger partial charge in [0.25, 0.3) is 5.91 Å². The summed E-state index contributed by atoms with van der Waals surface area (Å²) < 4.78 is 1.82. The summed E-state index contributed by atoms with van der Waals surface area (Å²) in [6, 6.07) is 5.68. The van der Waals surface area contributed by atoms with Gasteiger partial charge in [-0.25, -0.2) is 0 Å². The van der Waals surface area contributed by atoms with Gasteiger partial charge in [0.2, 0.25) is 0 Å². The molecular formula is C18H24N4O. The third-order valence-electron chi connectivity index (χ3n) is 4.72. The number of nitrogens with zero attached hydrogens (tertiary/aromatic N) is 4. The maximum Gasteiger partial charge on any atom is 0.255 e. The molecule has 0 aromatic carbocycles. The highest BCUT2D eigenvalue weighted by Crippen LogP contribution is 2.25. The summed E-state index contributed by atoms with van der Waals surface area (Å²) in [6.07, 6.45) is 7.55. The van der Waals surface area contributed by atoms with E-state index in [-0.39, 0.29) is 5.91 Å². The second-order valence-electron chi connectivity index (χ2n) is 6.62. The molecule has 0 saturated carbocycles. The molecule has 1 aliphatic heterocycles. The fourth-order valence-corrected chi connectivity index (χ4v) is 3.16. The van der Waals surface area contributed by atoms with Gasteiger partial charge in [-0.15, -0.1) is 0 Å². The van der Waals surface area contributed by atoms with Crippen LogP contribution in [-0.2, 0) is 6.54 Å². The van der Waals surface area contributed by atoms with Crippen molar-refractivity contribution in [1.29, 1.82) is 0 Å². The van der Waals surface area contributed by atoms with Crippen molar-refractivity contribution < 1.29 is 4.79 Å². The van der Waals surface area contributed by atoms with Crippen molar-refractivity contribution in [1.82, 2.24) is 19.7 Å². The number of rotatable bonds is 4. The molecule has 0 aliphatic carbocycles. The smallest absolute Gasteiger partial charge is 0.255 e. The number of piperidine rings is 1. The van der Waals surface area contributed by atoms with Gasteiger partial charge in [-0.1, -0.05) is 13.8 Å². The SMILES string of the molecule is CC(C)C1CCN(C(=O)c2ccc(Cn3cccn3)nc2)CC1. The van der Waals surface area contributed by atoms with Gasteiger partial charge in [-0.3, -0.25) is 14.5 Å². The Labute approximate surface area is 137 Å². The molecule has 0 atom stereocenters. The van der Waals surface area contributed by atoms with Crippen molar-refractivity contribution in [2.24, 2.45) is 11.8 Å². The summed E-state index contributed by atoms with van der Waals surface area (Å²) in [5.74, 6) is 1.55. The van der Waals surface area contributed by atoms with Crippen LogP contribution in [0.25, 0.3) is 0 Å². The highest BCUT2D eigenvalue weighted by Gasteiger charge is 2.25. The van der Waals surface area contributed by atoms with Gasteiger partial charge in [0, 0.05) is 31.7 Å². The first-order valence-corrected chi connectivity index (χ1v) is 8.35. The molecule has 3 heterocycles. The first kappa shape index (κ1) is 15.7. The molecule has 1 aliphatic rings. The highest BCUT2D eigenvalue weighted by atomic mass is 16.2. The molecule has 2 aromatic heterocycles. The van der Waals surface area contributed by atoms with E-state index < -0.39 is 0 Å². The van der Waals surface area contributed by atoms with Crippen LogP contribution >= 0.6 is 0 Å².